The van der Waals surface area contributed by atoms with Gasteiger partial charge in [-0.15, -0.1) is 0 Å². The second-order valence-corrected chi connectivity index (χ2v) is 4.09. The van der Waals surface area contributed by atoms with Crippen LogP contribution < -0.4 is 5.73 Å². The fourth-order valence-corrected chi connectivity index (χ4v) is 2.06. The van der Waals surface area contributed by atoms with Crippen molar-refractivity contribution in [3.63, 3.8) is 0 Å². The number of nitrogens with two attached hydrogens (primary N) is 1. The Morgan fingerprint density at radius 1 is 1.21 bits per heavy atom. The molecule has 2 heteroatoms. The van der Waals surface area contributed by atoms with Gasteiger partial charge < -0.3 is 5.73 Å². The molecule has 0 aromatic heterocycles. The second kappa shape index (κ2) is 3.43. The van der Waals surface area contributed by atoms with Crippen LogP contribution in [0.3, 0.4) is 0 Å². The van der Waals surface area contributed by atoms with E-state index in [1.165, 1.54) is 5.56 Å². The smallest absolute Gasteiger partial charge is 0.127 e. The molecule has 0 saturated heterocycles. The molecular formula is C12H16N2. The van der Waals surface area contributed by atoms with Crippen LogP contribution in [0.25, 0.3) is 0 Å². The number of rotatable bonds is 1. The molecule has 0 heterocycles. The molecule has 0 aliphatic heterocycles. The molecule has 1 aromatic carbocycles. The second-order valence-electron chi connectivity index (χ2n) is 4.09. The minimum Gasteiger partial charge on any atom is -0.310 e. The van der Waals surface area contributed by atoms with Gasteiger partial charge in [-0.1, -0.05) is 17.7 Å². The van der Waals surface area contributed by atoms with Crippen molar-refractivity contribution in [2.24, 2.45) is 5.73 Å². The average Bonchev–Trinajstić information content (AvgIpc) is 2.01. The van der Waals surface area contributed by atoms with E-state index in [9.17, 15) is 0 Å². The van der Waals surface area contributed by atoms with Crippen molar-refractivity contribution in [2.75, 3.05) is 0 Å². The van der Waals surface area contributed by atoms with E-state index in [1.54, 1.807) is 6.92 Å². The van der Waals surface area contributed by atoms with Gasteiger partial charge in [0.2, 0.25) is 0 Å². The van der Waals surface area contributed by atoms with Gasteiger partial charge in [0, 0.05) is 0 Å². The van der Waals surface area contributed by atoms with Crippen LogP contribution in [0.4, 0.5) is 0 Å². The summed E-state index contributed by atoms with van der Waals surface area (Å²) < 4.78 is 0. The number of benzene rings is 1. The SMILES string of the molecule is Cc1cc(C)c(C(C)(N)C#N)c(C)c1. The van der Waals surface area contributed by atoms with Crippen LogP contribution in [-0.4, -0.2) is 0 Å². The van der Waals surface area contributed by atoms with Gasteiger partial charge in [-0.2, -0.15) is 5.26 Å². The van der Waals surface area contributed by atoms with Crippen molar-refractivity contribution >= 4 is 0 Å². The van der Waals surface area contributed by atoms with E-state index in [4.69, 9.17) is 11.0 Å². The third-order valence-corrected chi connectivity index (χ3v) is 2.43. The van der Waals surface area contributed by atoms with Gasteiger partial charge in [0.1, 0.15) is 5.54 Å². The maximum absolute atomic E-state index is 8.99. The number of nitrogens with zero attached hydrogens (tertiary/aromatic N) is 1. The predicted molar refractivity (Wildman–Crippen MR) is 57.8 cm³/mol. The highest BCUT2D eigenvalue weighted by molar-refractivity contribution is 5.44. The molecule has 2 nitrogen and oxygen atoms in total. The van der Waals surface area contributed by atoms with Gasteiger partial charge in [0.05, 0.1) is 6.07 Å². The molecule has 0 bridgehead atoms. The molecule has 1 rings (SSSR count). The topological polar surface area (TPSA) is 49.8 Å². The Morgan fingerprint density at radius 2 is 1.64 bits per heavy atom. The summed E-state index contributed by atoms with van der Waals surface area (Å²) in [5.41, 5.74) is 9.38. The maximum atomic E-state index is 8.99. The van der Waals surface area contributed by atoms with Crippen LogP contribution in [0, 0.1) is 32.1 Å². The first-order chi connectivity index (χ1) is 6.38. The van der Waals surface area contributed by atoms with Gasteiger partial charge in [-0.05, 0) is 44.4 Å². The zero-order valence-corrected chi connectivity index (χ0v) is 9.18. The Labute approximate surface area is 85.4 Å². The largest absolute Gasteiger partial charge is 0.310 e. The van der Waals surface area contributed by atoms with Gasteiger partial charge >= 0.3 is 0 Å². The lowest BCUT2D eigenvalue weighted by molar-refractivity contribution is 0.636. The van der Waals surface area contributed by atoms with Crippen LogP contribution in [0.5, 0.6) is 0 Å². The lowest BCUT2D eigenvalue weighted by Crippen LogP contribution is -2.32. The summed E-state index contributed by atoms with van der Waals surface area (Å²) in [7, 11) is 0. The summed E-state index contributed by atoms with van der Waals surface area (Å²) in [5.74, 6) is 0. The minimum absolute atomic E-state index is 0.887. The molecule has 0 aliphatic carbocycles. The van der Waals surface area contributed by atoms with Crippen molar-refractivity contribution in [1.82, 2.24) is 0 Å². The first-order valence-corrected chi connectivity index (χ1v) is 4.67. The summed E-state index contributed by atoms with van der Waals surface area (Å²) in [6, 6.07) is 6.26. The third kappa shape index (κ3) is 1.78. The van der Waals surface area contributed by atoms with E-state index in [1.807, 2.05) is 20.8 Å². The van der Waals surface area contributed by atoms with E-state index >= 15 is 0 Å². The Hall–Kier alpha value is -1.33. The summed E-state index contributed by atoms with van der Waals surface area (Å²) in [5, 5.41) is 8.99. The molecule has 74 valence electrons. The van der Waals surface area contributed by atoms with E-state index in [2.05, 4.69) is 18.2 Å². The van der Waals surface area contributed by atoms with E-state index in [0.29, 0.717) is 0 Å². The Balaban J connectivity index is 3.44. The molecule has 14 heavy (non-hydrogen) atoms. The van der Waals surface area contributed by atoms with Crippen LogP contribution in [-0.2, 0) is 5.54 Å². The summed E-state index contributed by atoms with van der Waals surface area (Å²) in [6.07, 6.45) is 0. The third-order valence-electron chi connectivity index (χ3n) is 2.43. The highest BCUT2D eigenvalue weighted by Crippen LogP contribution is 2.25. The van der Waals surface area contributed by atoms with E-state index in [-0.39, 0.29) is 0 Å². The zero-order chi connectivity index (χ0) is 10.9. The van der Waals surface area contributed by atoms with Crippen molar-refractivity contribution in [2.45, 2.75) is 33.2 Å². The minimum atomic E-state index is -0.887. The van der Waals surface area contributed by atoms with Crippen molar-refractivity contribution in [1.29, 1.82) is 5.26 Å². The van der Waals surface area contributed by atoms with Crippen molar-refractivity contribution in [3.8, 4) is 6.07 Å². The maximum Gasteiger partial charge on any atom is 0.127 e. The van der Waals surface area contributed by atoms with Crippen molar-refractivity contribution < 1.29 is 0 Å². The molecule has 0 aliphatic rings. The molecule has 1 atom stereocenters. The van der Waals surface area contributed by atoms with E-state index in [0.717, 1.165) is 16.7 Å². The first kappa shape index (κ1) is 10.7. The summed E-state index contributed by atoms with van der Waals surface area (Å²) in [6.45, 7) is 7.79. The number of nitriles is 1. The molecule has 0 spiro atoms. The lowest BCUT2D eigenvalue weighted by Gasteiger charge is -2.21. The predicted octanol–water partition coefficient (Wildman–Crippen LogP) is 2.31. The molecule has 1 aromatic rings. The normalized spacial score (nSPS) is 14.6. The number of hydrogen-bond acceptors (Lipinski definition) is 2. The highest BCUT2D eigenvalue weighted by atomic mass is 14.7. The fourth-order valence-electron chi connectivity index (χ4n) is 2.06. The van der Waals surface area contributed by atoms with Gasteiger partial charge in [-0.25, -0.2) is 0 Å². The average molecular weight is 188 g/mol. The molecule has 1 unspecified atom stereocenters. The zero-order valence-electron chi connectivity index (χ0n) is 9.18. The van der Waals surface area contributed by atoms with Gasteiger partial charge in [-0.3, -0.25) is 0 Å². The Morgan fingerprint density at radius 3 is 2.00 bits per heavy atom. The van der Waals surface area contributed by atoms with Crippen molar-refractivity contribution in [3.05, 3.63) is 34.4 Å². The molecule has 0 fully saturated rings. The quantitative estimate of drug-likeness (QED) is 0.735. The van der Waals surface area contributed by atoms with Gasteiger partial charge in [0.15, 0.2) is 0 Å². The van der Waals surface area contributed by atoms with Crippen LogP contribution in [0.15, 0.2) is 12.1 Å². The van der Waals surface area contributed by atoms with Gasteiger partial charge in [0.25, 0.3) is 0 Å². The molecule has 0 radical (unpaired) electrons. The molecule has 0 amide bonds. The van der Waals surface area contributed by atoms with Crippen LogP contribution >= 0.6 is 0 Å². The standard InChI is InChI=1S/C12H16N2/c1-8-5-9(2)11(10(3)6-8)12(4,14)7-13/h5-6H,14H2,1-4H3. The van der Waals surface area contributed by atoms with Crippen LogP contribution in [0.1, 0.15) is 29.2 Å². The van der Waals surface area contributed by atoms with E-state index < -0.39 is 5.54 Å². The molecule has 0 saturated carbocycles. The first-order valence-electron chi connectivity index (χ1n) is 4.67. The highest BCUT2D eigenvalue weighted by Gasteiger charge is 2.24. The molecule has 2 N–H and O–H groups in total. The van der Waals surface area contributed by atoms with Crippen LogP contribution in [0.2, 0.25) is 0 Å². The summed E-state index contributed by atoms with van der Waals surface area (Å²) >= 11 is 0. The Bertz CT molecular complexity index is 374. The molecular weight excluding hydrogens is 172 g/mol. The monoisotopic (exact) mass is 188 g/mol. The number of hydrogen-bond donors (Lipinski definition) is 1. The number of aryl methyl sites for hydroxylation is 3. The Kier molecular flexibility index (Phi) is 2.64. The summed E-state index contributed by atoms with van der Waals surface area (Å²) in [4.78, 5) is 0. The fraction of sp³-hybridized carbons (Fsp3) is 0.417. The lowest BCUT2D eigenvalue weighted by atomic mass is 9.86.